The standard InChI is InChI=1S/C18H13Cl3N4O3/c19-13-2-1-3-14(20)11(13)6-7-22-17(27)12-8-10(4-5-15(12)21)25-18(28)24-16(26)9-23-25/h1-5,8-9H,6-7H2,(H,22,27)(H,24,26,28). The molecular formula is C18H13Cl3N4O3. The number of carbonyl (C=O) groups excluding carboxylic acids is 1. The van der Waals surface area contributed by atoms with Gasteiger partial charge in [0.2, 0.25) is 0 Å². The lowest BCUT2D eigenvalue weighted by molar-refractivity contribution is 0.0954. The summed E-state index contributed by atoms with van der Waals surface area (Å²) in [6.07, 6.45) is 1.39. The van der Waals surface area contributed by atoms with Gasteiger partial charge in [0, 0.05) is 16.6 Å². The molecule has 2 aromatic carbocycles. The molecule has 0 spiro atoms. The fourth-order valence-electron chi connectivity index (χ4n) is 2.52. The van der Waals surface area contributed by atoms with Gasteiger partial charge in [-0.25, -0.2) is 4.79 Å². The lowest BCUT2D eigenvalue weighted by atomic mass is 10.1. The second kappa shape index (κ2) is 8.60. The largest absolute Gasteiger partial charge is 0.352 e. The van der Waals surface area contributed by atoms with Gasteiger partial charge in [0.1, 0.15) is 6.20 Å². The molecule has 0 aliphatic carbocycles. The van der Waals surface area contributed by atoms with E-state index in [4.69, 9.17) is 34.8 Å². The van der Waals surface area contributed by atoms with Crippen LogP contribution in [0.1, 0.15) is 15.9 Å². The van der Waals surface area contributed by atoms with Gasteiger partial charge in [0.25, 0.3) is 11.5 Å². The van der Waals surface area contributed by atoms with Crippen LogP contribution in [0.3, 0.4) is 0 Å². The normalized spacial score (nSPS) is 10.7. The minimum absolute atomic E-state index is 0.157. The van der Waals surface area contributed by atoms with E-state index in [2.05, 4.69) is 15.4 Å². The highest BCUT2D eigenvalue weighted by Gasteiger charge is 2.14. The van der Waals surface area contributed by atoms with Gasteiger partial charge in [-0.3, -0.25) is 14.6 Å². The average molecular weight is 440 g/mol. The third-order valence-electron chi connectivity index (χ3n) is 3.87. The van der Waals surface area contributed by atoms with Gasteiger partial charge >= 0.3 is 5.69 Å². The minimum Gasteiger partial charge on any atom is -0.352 e. The maximum Gasteiger partial charge on any atom is 0.349 e. The van der Waals surface area contributed by atoms with Crippen LogP contribution in [0.4, 0.5) is 0 Å². The molecule has 1 amide bonds. The lowest BCUT2D eigenvalue weighted by Crippen LogP contribution is -2.31. The summed E-state index contributed by atoms with van der Waals surface area (Å²) >= 11 is 18.4. The fraction of sp³-hybridized carbons (Fsp3) is 0.111. The SMILES string of the molecule is O=C(NCCc1c(Cl)cccc1Cl)c1cc(-n2ncc(=O)[nH]c2=O)ccc1Cl. The number of rotatable bonds is 5. The van der Waals surface area contributed by atoms with E-state index in [1.807, 2.05) is 0 Å². The smallest absolute Gasteiger partial charge is 0.349 e. The van der Waals surface area contributed by atoms with E-state index in [-0.39, 0.29) is 22.8 Å². The molecule has 1 heterocycles. The van der Waals surface area contributed by atoms with E-state index in [0.29, 0.717) is 16.5 Å². The highest BCUT2D eigenvalue weighted by molar-refractivity contribution is 6.36. The van der Waals surface area contributed by atoms with E-state index in [9.17, 15) is 14.4 Å². The number of hydrogen-bond donors (Lipinski definition) is 2. The van der Waals surface area contributed by atoms with Gasteiger partial charge < -0.3 is 5.32 Å². The second-order valence-corrected chi connectivity index (χ2v) is 6.94. The van der Waals surface area contributed by atoms with E-state index < -0.39 is 17.2 Å². The molecule has 0 bridgehead atoms. The molecule has 0 radical (unpaired) electrons. The second-order valence-electron chi connectivity index (χ2n) is 5.72. The Balaban J connectivity index is 1.78. The summed E-state index contributed by atoms with van der Waals surface area (Å²) in [7, 11) is 0. The Morgan fingerprint density at radius 1 is 1.07 bits per heavy atom. The molecule has 144 valence electrons. The molecular weight excluding hydrogens is 427 g/mol. The number of nitrogens with one attached hydrogen (secondary N) is 2. The van der Waals surface area contributed by atoms with E-state index >= 15 is 0 Å². The fourth-order valence-corrected chi connectivity index (χ4v) is 3.31. The molecule has 0 unspecified atom stereocenters. The predicted molar refractivity (Wildman–Crippen MR) is 108 cm³/mol. The first kappa shape index (κ1) is 20.1. The number of carbonyl (C=O) groups is 1. The summed E-state index contributed by atoms with van der Waals surface area (Å²) in [6, 6.07) is 9.57. The number of aromatic nitrogens is 3. The first-order chi connectivity index (χ1) is 13.4. The summed E-state index contributed by atoms with van der Waals surface area (Å²) in [6.45, 7) is 0.277. The first-order valence-electron chi connectivity index (χ1n) is 8.06. The topological polar surface area (TPSA) is 96.8 Å². The molecule has 0 aliphatic heterocycles. The summed E-state index contributed by atoms with van der Waals surface area (Å²) < 4.78 is 0.956. The molecule has 0 fully saturated rings. The maximum absolute atomic E-state index is 12.5. The summed E-state index contributed by atoms with van der Waals surface area (Å²) in [5, 5.41) is 7.74. The molecule has 7 nitrogen and oxygen atoms in total. The highest BCUT2D eigenvalue weighted by atomic mass is 35.5. The van der Waals surface area contributed by atoms with Gasteiger partial charge in [-0.05, 0) is 42.3 Å². The zero-order valence-electron chi connectivity index (χ0n) is 14.2. The Kier molecular flexibility index (Phi) is 6.18. The van der Waals surface area contributed by atoms with E-state index in [0.717, 1.165) is 16.4 Å². The van der Waals surface area contributed by atoms with Gasteiger partial charge in [-0.1, -0.05) is 40.9 Å². The van der Waals surface area contributed by atoms with Crippen molar-refractivity contribution in [1.29, 1.82) is 0 Å². The Bertz CT molecular complexity index is 1140. The molecule has 3 aromatic rings. The quantitative estimate of drug-likeness (QED) is 0.639. The zero-order chi connectivity index (χ0) is 20.3. The molecule has 2 N–H and O–H groups in total. The highest BCUT2D eigenvalue weighted by Crippen LogP contribution is 2.24. The van der Waals surface area contributed by atoms with Crippen molar-refractivity contribution in [3.63, 3.8) is 0 Å². The monoisotopic (exact) mass is 438 g/mol. The molecule has 0 saturated heterocycles. The van der Waals surface area contributed by atoms with Crippen LogP contribution < -0.4 is 16.6 Å². The summed E-state index contributed by atoms with van der Waals surface area (Å²) in [4.78, 5) is 37.7. The Morgan fingerprint density at radius 3 is 2.46 bits per heavy atom. The van der Waals surface area contributed by atoms with Crippen LogP contribution >= 0.6 is 34.8 Å². The number of benzene rings is 2. The van der Waals surface area contributed by atoms with Crippen molar-refractivity contribution in [3.8, 4) is 5.69 Å². The van der Waals surface area contributed by atoms with E-state index in [1.165, 1.54) is 18.2 Å². The van der Waals surface area contributed by atoms with Crippen LogP contribution in [-0.2, 0) is 6.42 Å². The summed E-state index contributed by atoms with van der Waals surface area (Å²) in [5.74, 6) is -0.438. The number of aromatic amines is 1. The minimum atomic E-state index is -0.727. The third kappa shape index (κ3) is 4.44. The number of halogens is 3. The third-order valence-corrected chi connectivity index (χ3v) is 4.91. The first-order valence-corrected chi connectivity index (χ1v) is 9.20. The van der Waals surface area contributed by atoms with Crippen molar-refractivity contribution in [2.45, 2.75) is 6.42 Å². The van der Waals surface area contributed by atoms with Gasteiger partial charge in [-0.2, -0.15) is 9.78 Å². The average Bonchev–Trinajstić information content (AvgIpc) is 2.65. The van der Waals surface area contributed by atoms with Crippen molar-refractivity contribution >= 4 is 40.7 Å². The molecule has 0 saturated carbocycles. The molecule has 1 aromatic heterocycles. The van der Waals surface area contributed by atoms with Crippen molar-refractivity contribution in [3.05, 3.63) is 89.6 Å². The van der Waals surface area contributed by atoms with E-state index in [1.54, 1.807) is 18.2 Å². The molecule has 10 heteroatoms. The molecule has 0 aliphatic rings. The lowest BCUT2D eigenvalue weighted by Gasteiger charge is -2.11. The summed E-state index contributed by atoms with van der Waals surface area (Å²) in [5.41, 5.74) is -0.176. The van der Waals surface area contributed by atoms with Gasteiger partial charge in [0.15, 0.2) is 0 Å². The molecule has 3 rings (SSSR count). The predicted octanol–water partition coefficient (Wildman–Crippen LogP) is 2.85. The van der Waals surface area contributed by atoms with Crippen LogP contribution in [0, 0.1) is 0 Å². The number of amides is 1. The zero-order valence-corrected chi connectivity index (χ0v) is 16.5. The molecule has 28 heavy (non-hydrogen) atoms. The Hall–Kier alpha value is -2.61. The van der Waals surface area contributed by atoms with Crippen molar-refractivity contribution in [1.82, 2.24) is 20.1 Å². The van der Waals surface area contributed by atoms with Crippen LogP contribution in [0.2, 0.25) is 15.1 Å². The van der Waals surface area contributed by atoms with Crippen LogP contribution in [0.5, 0.6) is 0 Å². The van der Waals surface area contributed by atoms with Crippen molar-refractivity contribution in [2.75, 3.05) is 6.54 Å². The number of hydrogen-bond acceptors (Lipinski definition) is 4. The number of H-pyrrole nitrogens is 1. The Labute approximate surface area is 173 Å². The van der Waals surface area contributed by atoms with Crippen molar-refractivity contribution < 1.29 is 4.79 Å². The number of nitrogens with zero attached hydrogens (tertiary/aromatic N) is 2. The van der Waals surface area contributed by atoms with Gasteiger partial charge in [-0.15, -0.1) is 0 Å². The van der Waals surface area contributed by atoms with Crippen LogP contribution in [0.15, 0.2) is 52.2 Å². The van der Waals surface area contributed by atoms with Crippen molar-refractivity contribution in [2.24, 2.45) is 0 Å². The van der Waals surface area contributed by atoms with Gasteiger partial charge in [0.05, 0.1) is 16.3 Å². The maximum atomic E-state index is 12.5. The van der Waals surface area contributed by atoms with Crippen LogP contribution in [0.25, 0.3) is 5.69 Å². The van der Waals surface area contributed by atoms with Crippen LogP contribution in [-0.4, -0.2) is 27.2 Å². The Morgan fingerprint density at radius 2 is 1.79 bits per heavy atom. The molecule has 0 atom stereocenters.